The van der Waals surface area contributed by atoms with Gasteiger partial charge in [0.05, 0.1) is 0 Å². The number of hydrogen-bond acceptors (Lipinski definition) is 0. The Bertz CT molecular complexity index is 410. The fourth-order valence-corrected chi connectivity index (χ4v) is 1.38. The van der Waals surface area contributed by atoms with Gasteiger partial charge in [-0.15, -0.1) is 0 Å². The number of allylic oxidation sites excluding steroid dienone is 4. The van der Waals surface area contributed by atoms with Crippen LogP contribution in [0.1, 0.15) is 18.4 Å². The SMILES string of the molecule is C(#Cc1ccccc1)C1=CC=CCC1. The van der Waals surface area contributed by atoms with Gasteiger partial charge in [0.25, 0.3) is 0 Å². The van der Waals surface area contributed by atoms with Crippen LogP contribution in [0, 0.1) is 11.8 Å². The largest absolute Gasteiger partial charge is 0.0842 e. The van der Waals surface area contributed by atoms with Crippen molar-refractivity contribution in [3.05, 3.63) is 59.7 Å². The van der Waals surface area contributed by atoms with E-state index in [9.17, 15) is 0 Å². The summed E-state index contributed by atoms with van der Waals surface area (Å²) in [5, 5.41) is 0. The first-order valence-corrected chi connectivity index (χ1v) is 4.88. The zero-order chi connectivity index (χ0) is 9.64. The third kappa shape index (κ3) is 2.37. The van der Waals surface area contributed by atoms with Gasteiger partial charge in [-0.2, -0.15) is 0 Å². The Kier molecular flexibility index (Phi) is 2.83. The van der Waals surface area contributed by atoms with Gasteiger partial charge in [-0.1, -0.05) is 48.3 Å². The highest BCUT2D eigenvalue weighted by molar-refractivity contribution is 5.42. The molecule has 68 valence electrons. The molecule has 14 heavy (non-hydrogen) atoms. The molecule has 0 fully saturated rings. The van der Waals surface area contributed by atoms with Crippen molar-refractivity contribution in [1.82, 2.24) is 0 Å². The van der Waals surface area contributed by atoms with E-state index in [4.69, 9.17) is 0 Å². The van der Waals surface area contributed by atoms with E-state index < -0.39 is 0 Å². The highest BCUT2D eigenvalue weighted by Crippen LogP contribution is 2.10. The van der Waals surface area contributed by atoms with Crippen LogP contribution in [0.25, 0.3) is 0 Å². The third-order valence-corrected chi connectivity index (χ3v) is 2.16. The van der Waals surface area contributed by atoms with Crippen LogP contribution in [0.5, 0.6) is 0 Å². The van der Waals surface area contributed by atoms with Gasteiger partial charge in [-0.05, 0) is 25.0 Å². The fraction of sp³-hybridized carbons (Fsp3) is 0.143. The quantitative estimate of drug-likeness (QED) is 0.537. The molecule has 0 nitrogen and oxygen atoms in total. The molecule has 0 heterocycles. The first-order chi connectivity index (χ1) is 6.95. The molecule has 0 heteroatoms. The molecule has 0 bridgehead atoms. The predicted octanol–water partition coefficient (Wildman–Crippen LogP) is 3.31. The van der Waals surface area contributed by atoms with Crippen molar-refractivity contribution in [2.45, 2.75) is 12.8 Å². The lowest BCUT2D eigenvalue weighted by atomic mass is 10.1. The maximum atomic E-state index is 3.20. The lowest BCUT2D eigenvalue weighted by Gasteiger charge is -1.99. The van der Waals surface area contributed by atoms with Crippen molar-refractivity contribution in [1.29, 1.82) is 0 Å². The minimum Gasteiger partial charge on any atom is -0.0842 e. The normalized spacial score (nSPS) is 14.1. The van der Waals surface area contributed by atoms with Crippen molar-refractivity contribution in [3.63, 3.8) is 0 Å². The smallest absolute Gasteiger partial charge is 0.0248 e. The standard InChI is InChI=1S/C14H12/c1-3-7-13(8-4-1)11-12-14-9-5-2-6-10-14/h1-5,7-9H,6,10H2. The van der Waals surface area contributed by atoms with Crippen LogP contribution in [0.4, 0.5) is 0 Å². The topological polar surface area (TPSA) is 0 Å². The molecule has 1 aromatic rings. The summed E-state index contributed by atoms with van der Waals surface area (Å²) in [5.41, 5.74) is 2.32. The van der Waals surface area contributed by atoms with Crippen molar-refractivity contribution in [2.75, 3.05) is 0 Å². The monoisotopic (exact) mass is 180 g/mol. The Balaban J connectivity index is 2.14. The maximum Gasteiger partial charge on any atom is 0.0248 e. The Hall–Kier alpha value is -1.74. The van der Waals surface area contributed by atoms with Gasteiger partial charge in [-0.25, -0.2) is 0 Å². The van der Waals surface area contributed by atoms with Gasteiger partial charge < -0.3 is 0 Å². The number of hydrogen-bond donors (Lipinski definition) is 0. The minimum atomic E-state index is 1.08. The van der Waals surface area contributed by atoms with Gasteiger partial charge in [0.1, 0.15) is 0 Å². The van der Waals surface area contributed by atoms with E-state index in [0.29, 0.717) is 0 Å². The second-order valence-corrected chi connectivity index (χ2v) is 3.27. The molecule has 1 aliphatic carbocycles. The molecule has 0 saturated carbocycles. The first-order valence-electron chi connectivity index (χ1n) is 4.88. The molecule has 0 atom stereocenters. The summed E-state index contributed by atoms with van der Waals surface area (Å²) in [6.07, 6.45) is 8.55. The summed E-state index contributed by atoms with van der Waals surface area (Å²) < 4.78 is 0. The second kappa shape index (κ2) is 4.48. The Morgan fingerprint density at radius 1 is 1.00 bits per heavy atom. The minimum absolute atomic E-state index is 1.08. The van der Waals surface area contributed by atoms with E-state index >= 15 is 0 Å². The Morgan fingerprint density at radius 3 is 2.57 bits per heavy atom. The van der Waals surface area contributed by atoms with Gasteiger partial charge >= 0.3 is 0 Å². The van der Waals surface area contributed by atoms with E-state index in [1.807, 2.05) is 30.3 Å². The number of benzene rings is 1. The van der Waals surface area contributed by atoms with Crippen LogP contribution in [0.3, 0.4) is 0 Å². The molecule has 1 aliphatic rings. The van der Waals surface area contributed by atoms with Crippen LogP contribution >= 0.6 is 0 Å². The van der Waals surface area contributed by atoms with Crippen LogP contribution in [-0.4, -0.2) is 0 Å². The summed E-state index contributed by atoms with van der Waals surface area (Å²) in [7, 11) is 0. The molecule has 0 amide bonds. The van der Waals surface area contributed by atoms with Crippen molar-refractivity contribution in [3.8, 4) is 11.8 Å². The summed E-state index contributed by atoms with van der Waals surface area (Å²) in [4.78, 5) is 0. The van der Waals surface area contributed by atoms with Gasteiger partial charge in [-0.3, -0.25) is 0 Å². The van der Waals surface area contributed by atoms with Crippen LogP contribution in [-0.2, 0) is 0 Å². The summed E-state index contributed by atoms with van der Waals surface area (Å²) in [6.45, 7) is 0. The molecule has 0 spiro atoms. The lowest BCUT2D eigenvalue weighted by molar-refractivity contribution is 1.000. The van der Waals surface area contributed by atoms with Crippen molar-refractivity contribution >= 4 is 0 Å². The van der Waals surface area contributed by atoms with Crippen molar-refractivity contribution < 1.29 is 0 Å². The van der Waals surface area contributed by atoms with Gasteiger partial charge in [0, 0.05) is 11.1 Å². The van der Waals surface area contributed by atoms with E-state index in [1.165, 1.54) is 5.57 Å². The molecule has 0 aromatic heterocycles. The van der Waals surface area contributed by atoms with E-state index in [0.717, 1.165) is 18.4 Å². The van der Waals surface area contributed by atoms with Crippen LogP contribution in [0.15, 0.2) is 54.1 Å². The van der Waals surface area contributed by atoms with E-state index in [2.05, 4.69) is 30.1 Å². The van der Waals surface area contributed by atoms with Gasteiger partial charge in [0.15, 0.2) is 0 Å². The van der Waals surface area contributed by atoms with E-state index in [-0.39, 0.29) is 0 Å². The van der Waals surface area contributed by atoms with Crippen LogP contribution < -0.4 is 0 Å². The molecule has 0 radical (unpaired) electrons. The Labute approximate surface area is 85.0 Å². The lowest BCUT2D eigenvalue weighted by Crippen LogP contribution is -1.83. The molecule has 0 N–H and O–H groups in total. The maximum absolute atomic E-state index is 3.20. The highest BCUT2D eigenvalue weighted by Gasteiger charge is 1.93. The second-order valence-electron chi connectivity index (χ2n) is 3.27. The Morgan fingerprint density at radius 2 is 1.86 bits per heavy atom. The molecule has 0 saturated heterocycles. The summed E-state index contributed by atoms with van der Waals surface area (Å²) in [6, 6.07) is 10.1. The first kappa shape index (κ1) is 8.84. The fourth-order valence-electron chi connectivity index (χ4n) is 1.38. The van der Waals surface area contributed by atoms with E-state index in [1.54, 1.807) is 0 Å². The van der Waals surface area contributed by atoms with Gasteiger partial charge in [0.2, 0.25) is 0 Å². The molecular weight excluding hydrogens is 168 g/mol. The number of rotatable bonds is 0. The average molecular weight is 180 g/mol. The summed E-state index contributed by atoms with van der Waals surface area (Å²) >= 11 is 0. The predicted molar refractivity (Wildman–Crippen MR) is 59.8 cm³/mol. The average Bonchev–Trinajstić information content (AvgIpc) is 2.29. The molecular formula is C14H12. The molecule has 0 aliphatic heterocycles. The molecule has 0 unspecified atom stereocenters. The zero-order valence-electron chi connectivity index (χ0n) is 8.03. The third-order valence-electron chi connectivity index (χ3n) is 2.16. The van der Waals surface area contributed by atoms with Crippen LogP contribution in [0.2, 0.25) is 0 Å². The highest BCUT2D eigenvalue weighted by atomic mass is 14.0. The molecule has 1 aromatic carbocycles. The zero-order valence-corrected chi connectivity index (χ0v) is 8.03. The summed E-state index contributed by atoms with van der Waals surface area (Å²) in [5.74, 6) is 6.36. The molecule has 2 rings (SSSR count). The van der Waals surface area contributed by atoms with Crippen molar-refractivity contribution in [2.24, 2.45) is 0 Å².